The summed E-state index contributed by atoms with van der Waals surface area (Å²) in [6, 6.07) is 9.24. The number of carbonyl (C=O) groups is 2. The molecule has 0 radical (unpaired) electrons. The molecule has 2 amide bonds. The van der Waals surface area contributed by atoms with E-state index in [9.17, 15) is 9.59 Å². The molecular formula is C22H22N4O3S. The molecule has 7 nitrogen and oxygen atoms in total. The third-order valence-electron chi connectivity index (χ3n) is 5.14. The Kier molecular flexibility index (Phi) is 4.95. The van der Waals surface area contributed by atoms with Crippen molar-refractivity contribution in [1.82, 2.24) is 19.8 Å². The number of aryl methyl sites for hydroxylation is 1. The number of amides is 2. The zero-order valence-corrected chi connectivity index (χ0v) is 18.3. The molecule has 0 aliphatic heterocycles. The number of benzene rings is 1. The van der Waals surface area contributed by atoms with Crippen LogP contribution >= 0.6 is 11.3 Å². The van der Waals surface area contributed by atoms with E-state index < -0.39 is 0 Å². The minimum Gasteiger partial charge on any atom is -0.456 e. The van der Waals surface area contributed by atoms with Crippen LogP contribution in [0.15, 0.2) is 36.5 Å². The number of ether oxygens (including phenoxy) is 1. The van der Waals surface area contributed by atoms with E-state index in [2.05, 4.69) is 10.3 Å². The summed E-state index contributed by atoms with van der Waals surface area (Å²) in [6.45, 7) is 1.92. The van der Waals surface area contributed by atoms with Crippen molar-refractivity contribution in [3.8, 4) is 11.5 Å². The fourth-order valence-corrected chi connectivity index (χ4v) is 4.55. The van der Waals surface area contributed by atoms with Crippen molar-refractivity contribution in [3.05, 3.63) is 52.7 Å². The van der Waals surface area contributed by atoms with Crippen LogP contribution in [-0.4, -0.2) is 47.4 Å². The fraction of sp³-hybridized carbons (Fsp3) is 0.227. The molecular weight excluding hydrogens is 400 g/mol. The van der Waals surface area contributed by atoms with E-state index in [1.54, 1.807) is 44.4 Å². The normalized spacial score (nSPS) is 11.1. The summed E-state index contributed by atoms with van der Waals surface area (Å²) < 4.78 is 8.97. The molecule has 4 aromatic rings. The topological polar surface area (TPSA) is 76.5 Å². The summed E-state index contributed by atoms with van der Waals surface area (Å²) in [5.41, 5.74) is 3.18. The highest BCUT2D eigenvalue weighted by Gasteiger charge is 2.19. The smallest absolute Gasteiger partial charge is 0.263 e. The first kappa shape index (κ1) is 19.9. The maximum Gasteiger partial charge on any atom is 0.263 e. The molecule has 154 valence electrons. The van der Waals surface area contributed by atoms with Crippen LogP contribution in [0.3, 0.4) is 0 Å². The van der Waals surface area contributed by atoms with Crippen molar-refractivity contribution >= 4 is 44.3 Å². The number of nitrogens with one attached hydrogen (secondary N) is 1. The first-order valence-electron chi connectivity index (χ1n) is 9.41. The molecule has 0 atom stereocenters. The lowest BCUT2D eigenvalue weighted by atomic mass is 10.1. The first-order valence-corrected chi connectivity index (χ1v) is 10.2. The van der Waals surface area contributed by atoms with Crippen LogP contribution in [0.2, 0.25) is 0 Å². The van der Waals surface area contributed by atoms with Crippen molar-refractivity contribution in [1.29, 1.82) is 0 Å². The summed E-state index contributed by atoms with van der Waals surface area (Å²) in [5.74, 6) is 1.11. The van der Waals surface area contributed by atoms with Gasteiger partial charge in [0.1, 0.15) is 11.5 Å². The molecule has 0 saturated heterocycles. The molecule has 3 aromatic heterocycles. The standard InChI is InChI=1S/C22H22N4O3S/c1-12-19(21(27)23-2)14-7-6-13(10-16(14)26(12)5)29-17-8-9-24-15-11-18(30-20(15)17)22(28)25(3)4/h6-11H,1-5H3,(H,23,27). The Morgan fingerprint density at radius 3 is 2.67 bits per heavy atom. The highest BCUT2D eigenvalue weighted by molar-refractivity contribution is 7.21. The molecule has 0 fully saturated rings. The van der Waals surface area contributed by atoms with E-state index in [-0.39, 0.29) is 11.8 Å². The van der Waals surface area contributed by atoms with Gasteiger partial charge in [-0.2, -0.15) is 0 Å². The average molecular weight is 423 g/mol. The molecule has 0 saturated carbocycles. The summed E-state index contributed by atoms with van der Waals surface area (Å²) in [6.07, 6.45) is 1.67. The number of thiophene rings is 1. The number of carbonyl (C=O) groups excluding carboxylic acids is 2. The van der Waals surface area contributed by atoms with Gasteiger partial charge in [-0.05, 0) is 25.1 Å². The molecule has 0 spiro atoms. The molecule has 8 heteroatoms. The quantitative estimate of drug-likeness (QED) is 0.540. The number of fused-ring (bicyclic) bond motifs is 2. The van der Waals surface area contributed by atoms with Crippen LogP contribution in [0, 0.1) is 6.92 Å². The number of hydrogen-bond donors (Lipinski definition) is 1. The van der Waals surface area contributed by atoms with Crippen molar-refractivity contribution in [2.45, 2.75) is 6.92 Å². The Hall–Kier alpha value is -3.39. The van der Waals surface area contributed by atoms with Crippen LogP contribution < -0.4 is 10.1 Å². The molecule has 4 rings (SSSR count). The first-order chi connectivity index (χ1) is 14.3. The minimum absolute atomic E-state index is 0.0635. The molecule has 0 bridgehead atoms. The third-order valence-corrected chi connectivity index (χ3v) is 6.27. The molecule has 1 aromatic carbocycles. The van der Waals surface area contributed by atoms with Gasteiger partial charge >= 0.3 is 0 Å². The SMILES string of the molecule is CNC(=O)c1c(C)n(C)c2cc(Oc3ccnc4cc(C(=O)N(C)C)sc34)ccc12. The van der Waals surface area contributed by atoms with E-state index in [1.165, 1.54) is 11.3 Å². The Morgan fingerprint density at radius 1 is 1.20 bits per heavy atom. The predicted molar refractivity (Wildman–Crippen MR) is 119 cm³/mol. The second-order valence-corrected chi connectivity index (χ2v) is 8.27. The lowest BCUT2D eigenvalue weighted by Gasteiger charge is -2.08. The molecule has 1 N–H and O–H groups in total. The Morgan fingerprint density at radius 2 is 1.97 bits per heavy atom. The Bertz CT molecular complexity index is 1300. The highest BCUT2D eigenvalue weighted by atomic mass is 32.1. The van der Waals surface area contributed by atoms with Crippen LogP contribution in [0.1, 0.15) is 25.7 Å². The highest BCUT2D eigenvalue weighted by Crippen LogP contribution is 2.36. The maximum atomic E-state index is 12.3. The molecule has 30 heavy (non-hydrogen) atoms. The molecule has 0 aliphatic rings. The van der Waals surface area contributed by atoms with Gasteiger partial charge in [-0.3, -0.25) is 14.6 Å². The van der Waals surface area contributed by atoms with E-state index in [0.29, 0.717) is 21.9 Å². The van der Waals surface area contributed by atoms with E-state index in [0.717, 1.165) is 26.8 Å². The second kappa shape index (κ2) is 7.46. The average Bonchev–Trinajstić information content (AvgIpc) is 3.27. The van der Waals surface area contributed by atoms with Gasteiger partial charge in [0, 0.05) is 57.6 Å². The van der Waals surface area contributed by atoms with Crippen molar-refractivity contribution in [2.75, 3.05) is 21.1 Å². The molecule has 0 aliphatic carbocycles. The van der Waals surface area contributed by atoms with Gasteiger partial charge < -0.3 is 19.5 Å². The van der Waals surface area contributed by atoms with Crippen LogP contribution in [0.5, 0.6) is 11.5 Å². The minimum atomic E-state index is -0.112. The van der Waals surface area contributed by atoms with Gasteiger partial charge in [0.15, 0.2) is 0 Å². The zero-order valence-electron chi connectivity index (χ0n) is 17.4. The van der Waals surface area contributed by atoms with Crippen LogP contribution in [-0.2, 0) is 7.05 Å². The monoisotopic (exact) mass is 422 g/mol. The van der Waals surface area contributed by atoms with E-state index in [1.807, 2.05) is 36.7 Å². The predicted octanol–water partition coefficient (Wildman–Crippen LogP) is 3.95. The lowest BCUT2D eigenvalue weighted by Crippen LogP contribution is -2.20. The summed E-state index contributed by atoms with van der Waals surface area (Å²) >= 11 is 1.36. The third kappa shape index (κ3) is 3.19. The summed E-state index contributed by atoms with van der Waals surface area (Å²) in [5, 5.41) is 3.57. The van der Waals surface area contributed by atoms with Crippen LogP contribution in [0.4, 0.5) is 0 Å². The maximum absolute atomic E-state index is 12.3. The largest absolute Gasteiger partial charge is 0.456 e. The number of rotatable bonds is 4. The van der Waals surface area contributed by atoms with E-state index >= 15 is 0 Å². The van der Waals surface area contributed by atoms with Gasteiger partial charge in [-0.15, -0.1) is 11.3 Å². The summed E-state index contributed by atoms with van der Waals surface area (Å²) in [4.78, 5) is 31.1. The fourth-order valence-electron chi connectivity index (χ4n) is 3.47. The molecule has 0 unspecified atom stereocenters. The summed E-state index contributed by atoms with van der Waals surface area (Å²) in [7, 11) is 7.00. The molecule has 3 heterocycles. The van der Waals surface area contributed by atoms with Gasteiger partial charge in [0.05, 0.1) is 26.2 Å². The van der Waals surface area contributed by atoms with Gasteiger partial charge in [-0.25, -0.2) is 0 Å². The zero-order chi connectivity index (χ0) is 21.6. The van der Waals surface area contributed by atoms with Gasteiger partial charge in [-0.1, -0.05) is 0 Å². The van der Waals surface area contributed by atoms with Crippen molar-refractivity contribution in [2.24, 2.45) is 7.05 Å². The van der Waals surface area contributed by atoms with Gasteiger partial charge in [0.25, 0.3) is 11.8 Å². The Labute approximate surface area is 177 Å². The van der Waals surface area contributed by atoms with Gasteiger partial charge in [0.2, 0.25) is 0 Å². The number of pyridine rings is 1. The number of nitrogens with zero attached hydrogens (tertiary/aromatic N) is 3. The Balaban J connectivity index is 1.76. The second-order valence-electron chi connectivity index (χ2n) is 7.21. The van der Waals surface area contributed by atoms with E-state index in [4.69, 9.17) is 4.74 Å². The van der Waals surface area contributed by atoms with Crippen LogP contribution in [0.25, 0.3) is 21.1 Å². The number of aromatic nitrogens is 2. The number of hydrogen-bond acceptors (Lipinski definition) is 5. The lowest BCUT2D eigenvalue weighted by molar-refractivity contribution is 0.0832. The van der Waals surface area contributed by atoms with Crippen molar-refractivity contribution in [3.63, 3.8) is 0 Å². The van der Waals surface area contributed by atoms with Crippen molar-refractivity contribution < 1.29 is 14.3 Å².